The van der Waals surface area contributed by atoms with Crippen molar-refractivity contribution in [1.82, 2.24) is 5.32 Å². The topological polar surface area (TPSA) is 49.4 Å². The van der Waals surface area contributed by atoms with Crippen molar-refractivity contribution in [2.45, 2.75) is 13.3 Å². The molecule has 0 saturated carbocycles. The fraction of sp³-hybridized carbons (Fsp3) is 0.600. The minimum atomic E-state index is -0.338. The summed E-state index contributed by atoms with van der Waals surface area (Å²) in [6, 6.07) is 0. The highest BCUT2D eigenvalue weighted by Crippen LogP contribution is 2.10. The van der Waals surface area contributed by atoms with Gasteiger partial charge >= 0.3 is 0 Å². The van der Waals surface area contributed by atoms with Gasteiger partial charge in [0.05, 0.1) is 5.69 Å². The SMILES string of the molecule is CNCCCN(C)c1c(C)c(=O)c1=O. The largest absolute Gasteiger partial charge is 0.371 e. The molecule has 0 aliphatic heterocycles. The first-order valence-electron chi connectivity index (χ1n) is 4.75. The van der Waals surface area contributed by atoms with Crippen LogP contribution < -0.4 is 21.1 Å². The number of hydrogen-bond acceptors (Lipinski definition) is 4. The number of rotatable bonds is 5. The molecule has 1 aromatic carbocycles. The molecule has 4 heteroatoms. The van der Waals surface area contributed by atoms with Crippen LogP contribution in [-0.4, -0.2) is 27.2 Å². The summed E-state index contributed by atoms with van der Waals surface area (Å²) < 4.78 is 0. The van der Waals surface area contributed by atoms with Crippen LogP contribution in [0.1, 0.15) is 12.0 Å². The van der Waals surface area contributed by atoms with Crippen molar-refractivity contribution in [2.75, 3.05) is 32.1 Å². The normalized spacial score (nSPS) is 10.8. The molecular weight excluding hydrogens is 180 g/mol. The van der Waals surface area contributed by atoms with E-state index in [4.69, 9.17) is 0 Å². The van der Waals surface area contributed by atoms with Gasteiger partial charge in [0, 0.05) is 19.2 Å². The minimum absolute atomic E-state index is 0.333. The number of nitrogens with zero attached hydrogens (tertiary/aromatic N) is 1. The second-order valence-electron chi connectivity index (χ2n) is 3.51. The smallest absolute Gasteiger partial charge is 0.249 e. The Labute approximate surface area is 83.2 Å². The Bertz CT molecular complexity index is 377. The van der Waals surface area contributed by atoms with Crippen molar-refractivity contribution < 1.29 is 0 Å². The van der Waals surface area contributed by atoms with Crippen LogP contribution in [0.3, 0.4) is 0 Å². The van der Waals surface area contributed by atoms with Gasteiger partial charge in [0.15, 0.2) is 0 Å². The molecule has 78 valence electrons. The standard InChI is InChI=1S/C10H16N2O2/c1-7-8(10(14)9(7)13)12(3)6-4-5-11-2/h11H,4-6H2,1-3H3. The van der Waals surface area contributed by atoms with E-state index in [1.165, 1.54) is 0 Å². The number of anilines is 1. The van der Waals surface area contributed by atoms with Gasteiger partial charge < -0.3 is 10.2 Å². The third-order valence-electron chi connectivity index (χ3n) is 2.42. The Morgan fingerprint density at radius 2 is 1.93 bits per heavy atom. The molecule has 0 fully saturated rings. The molecular formula is C10H16N2O2. The quantitative estimate of drug-likeness (QED) is 0.516. The third-order valence-corrected chi connectivity index (χ3v) is 2.42. The monoisotopic (exact) mass is 196 g/mol. The summed E-state index contributed by atoms with van der Waals surface area (Å²) in [6.07, 6.45) is 0.964. The maximum absolute atomic E-state index is 11.2. The van der Waals surface area contributed by atoms with E-state index in [0.717, 1.165) is 19.5 Å². The van der Waals surface area contributed by atoms with E-state index in [1.54, 1.807) is 6.92 Å². The lowest BCUT2D eigenvalue weighted by Gasteiger charge is -2.21. The Kier molecular flexibility index (Phi) is 3.41. The first kappa shape index (κ1) is 10.9. The van der Waals surface area contributed by atoms with Crippen molar-refractivity contribution in [3.63, 3.8) is 0 Å². The van der Waals surface area contributed by atoms with Crippen LogP contribution in [0.5, 0.6) is 0 Å². The van der Waals surface area contributed by atoms with Crippen LogP contribution >= 0.6 is 0 Å². The second kappa shape index (κ2) is 4.37. The van der Waals surface area contributed by atoms with Crippen molar-refractivity contribution in [1.29, 1.82) is 0 Å². The number of hydrogen-bond donors (Lipinski definition) is 1. The predicted octanol–water partition coefficient (Wildman–Crippen LogP) is -0.363. The van der Waals surface area contributed by atoms with Gasteiger partial charge in [0.1, 0.15) is 0 Å². The van der Waals surface area contributed by atoms with Crippen molar-refractivity contribution in [3.05, 3.63) is 26.0 Å². The predicted molar refractivity (Wildman–Crippen MR) is 57.9 cm³/mol. The molecule has 0 aliphatic rings. The third kappa shape index (κ3) is 1.85. The van der Waals surface area contributed by atoms with Gasteiger partial charge in [-0.1, -0.05) is 0 Å². The maximum atomic E-state index is 11.2. The van der Waals surface area contributed by atoms with Gasteiger partial charge in [0.2, 0.25) is 10.9 Å². The lowest BCUT2D eigenvalue weighted by molar-refractivity contribution is 0.709. The average Bonchev–Trinajstić information content (AvgIpc) is 2.18. The molecule has 0 aliphatic carbocycles. The van der Waals surface area contributed by atoms with Crippen LogP contribution in [-0.2, 0) is 0 Å². The summed E-state index contributed by atoms with van der Waals surface area (Å²) in [4.78, 5) is 24.0. The van der Waals surface area contributed by atoms with Gasteiger partial charge in [-0.15, -0.1) is 0 Å². The molecule has 0 atom stereocenters. The first-order valence-corrected chi connectivity index (χ1v) is 4.75. The average molecular weight is 196 g/mol. The molecule has 4 nitrogen and oxygen atoms in total. The molecule has 0 aromatic heterocycles. The summed E-state index contributed by atoms with van der Waals surface area (Å²) in [5.41, 5.74) is 0.517. The molecule has 0 unspecified atom stereocenters. The molecule has 1 aromatic rings. The summed E-state index contributed by atoms with van der Waals surface area (Å²) in [5.74, 6) is 0. The van der Waals surface area contributed by atoms with E-state index in [-0.39, 0.29) is 10.9 Å². The summed E-state index contributed by atoms with van der Waals surface area (Å²) in [7, 11) is 3.74. The van der Waals surface area contributed by atoms with E-state index < -0.39 is 0 Å². The Morgan fingerprint density at radius 1 is 1.29 bits per heavy atom. The first-order chi connectivity index (χ1) is 6.59. The molecule has 0 bridgehead atoms. The molecule has 14 heavy (non-hydrogen) atoms. The molecule has 0 radical (unpaired) electrons. The molecule has 0 heterocycles. The summed E-state index contributed by atoms with van der Waals surface area (Å²) >= 11 is 0. The van der Waals surface area contributed by atoms with Crippen molar-refractivity contribution in [3.8, 4) is 0 Å². The van der Waals surface area contributed by atoms with E-state index >= 15 is 0 Å². The van der Waals surface area contributed by atoms with Crippen LogP contribution in [0.15, 0.2) is 9.59 Å². The minimum Gasteiger partial charge on any atom is -0.371 e. The fourth-order valence-electron chi connectivity index (χ4n) is 1.56. The highest BCUT2D eigenvalue weighted by atomic mass is 16.2. The van der Waals surface area contributed by atoms with Gasteiger partial charge in [0.25, 0.3) is 0 Å². The maximum Gasteiger partial charge on any atom is 0.249 e. The van der Waals surface area contributed by atoms with Gasteiger partial charge in [-0.05, 0) is 26.9 Å². The van der Waals surface area contributed by atoms with Crippen LogP contribution in [0.25, 0.3) is 0 Å². The van der Waals surface area contributed by atoms with E-state index in [1.807, 2.05) is 19.0 Å². The molecule has 0 amide bonds. The summed E-state index contributed by atoms with van der Waals surface area (Å²) in [5, 5.41) is 3.03. The van der Waals surface area contributed by atoms with E-state index in [9.17, 15) is 9.59 Å². The van der Waals surface area contributed by atoms with Crippen LogP contribution in [0.4, 0.5) is 5.69 Å². The van der Waals surface area contributed by atoms with E-state index in [0.29, 0.717) is 11.3 Å². The van der Waals surface area contributed by atoms with Gasteiger partial charge in [-0.2, -0.15) is 0 Å². The van der Waals surface area contributed by atoms with Crippen LogP contribution in [0, 0.1) is 6.92 Å². The second-order valence-corrected chi connectivity index (χ2v) is 3.51. The molecule has 1 rings (SSSR count). The lowest BCUT2D eigenvalue weighted by Crippen LogP contribution is -2.41. The zero-order chi connectivity index (χ0) is 10.7. The van der Waals surface area contributed by atoms with Crippen molar-refractivity contribution >= 4 is 5.69 Å². The van der Waals surface area contributed by atoms with Crippen LogP contribution in [0.2, 0.25) is 0 Å². The zero-order valence-electron chi connectivity index (χ0n) is 8.89. The molecule has 0 spiro atoms. The highest BCUT2D eigenvalue weighted by molar-refractivity contribution is 5.57. The zero-order valence-corrected chi connectivity index (χ0v) is 8.89. The molecule has 1 N–H and O–H groups in total. The lowest BCUT2D eigenvalue weighted by atomic mass is 10.1. The summed E-state index contributed by atoms with van der Waals surface area (Å²) in [6.45, 7) is 3.42. The Morgan fingerprint density at radius 3 is 2.43 bits per heavy atom. The van der Waals surface area contributed by atoms with Gasteiger partial charge in [-0.25, -0.2) is 0 Å². The Hall–Kier alpha value is -1.16. The fourth-order valence-corrected chi connectivity index (χ4v) is 1.56. The number of nitrogens with one attached hydrogen (secondary N) is 1. The van der Waals surface area contributed by atoms with E-state index in [2.05, 4.69) is 5.32 Å². The Balaban J connectivity index is 2.58. The molecule has 0 saturated heterocycles. The van der Waals surface area contributed by atoms with Crippen molar-refractivity contribution in [2.24, 2.45) is 0 Å². The van der Waals surface area contributed by atoms with Gasteiger partial charge in [-0.3, -0.25) is 9.59 Å². The highest BCUT2D eigenvalue weighted by Gasteiger charge is 2.19.